The van der Waals surface area contributed by atoms with Gasteiger partial charge < -0.3 is 14.2 Å². The molecule has 2 atom stereocenters. The van der Waals surface area contributed by atoms with E-state index in [-0.39, 0.29) is 24.0 Å². The highest BCUT2D eigenvalue weighted by atomic mass is 16.6. The summed E-state index contributed by atoms with van der Waals surface area (Å²) in [5, 5.41) is 8.55. The van der Waals surface area contributed by atoms with Crippen molar-refractivity contribution in [2.24, 2.45) is 5.92 Å². The van der Waals surface area contributed by atoms with Crippen molar-refractivity contribution < 1.29 is 18.8 Å². The van der Waals surface area contributed by atoms with Gasteiger partial charge in [-0.3, -0.25) is 14.4 Å². The first-order chi connectivity index (χ1) is 14.7. The third-order valence-electron chi connectivity index (χ3n) is 6.13. The van der Waals surface area contributed by atoms with E-state index < -0.39 is 5.60 Å². The molecule has 2 aliphatic heterocycles. The van der Waals surface area contributed by atoms with E-state index in [9.17, 15) is 9.59 Å². The molecule has 1 saturated heterocycles. The van der Waals surface area contributed by atoms with Crippen LogP contribution >= 0.6 is 0 Å². The van der Waals surface area contributed by atoms with Gasteiger partial charge in [-0.25, -0.2) is 4.79 Å². The highest BCUT2D eigenvalue weighted by Gasteiger charge is 2.44. The number of fused-ring (bicyclic) bond motifs is 1. The summed E-state index contributed by atoms with van der Waals surface area (Å²) in [5.74, 6) is 1.40. The summed E-state index contributed by atoms with van der Waals surface area (Å²) < 4.78 is 12.7. The molecule has 31 heavy (non-hydrogen) atoms. The van der Waals surface area contributed by atoms with Gasteiger partial charge in [0.2, 0.25) is 11.8 Å². The Morgan fingerprint density at radius 2 is 2.03 bits per heavy atom. The van der Waals surface area contributed by atoms with Gasteiger partial charge in [0.1, 0.15) is 5.60 Å². The maximum absolute atomic E-state index is 13.0. The smallest absolute Gasteiger partial charge is 0.410 e. The minimum atomic E-state index is -0.563. The largest absolute Gasteiger partial charge is 0.444 e. The number of carbonyl (C=O) groups is 2. The summed E-state index contributed by atoms with van der Waals surface area (Å²) in [6.45, 7) is 8.82. The SMILES string of the molecule is Cc1nc(C2CC(=O)N(c3cnn4c3CN(C(=O)OC(C)(C)C)C(C3CC3)C4)C2)no1. The van der Waals surface area contributed by atoms with Crippen molar-refractivity contribution in [3.8, 4) is 0 Å². The minimum absolute atomic E-state index is 0.00334. The lowest BCUT2D eigenvalue weighted by atomic mass is 10.1. The van der Waals surface area contributed by atoms with E-state index in [1.807, 2.05) is 30.4 Å². The van der Waals surface area contributed by atoms with Crippen LogP contribution in [-0.2, 0) is 22.6 Å². The van der Waals surface area contributed by atoms with Crippen LogP contribution in [0.2, 0.25) is 0 Å². The molecule has 1 saturated carbocycles. The maximum Gasteiger partial charge on any atom is 0.410 e. The molecule has 5 rings (SSSR count). The topological polar surface area (TPSA) is 107 Å². The molecule has 10 nitrogen and oxygen atoms in total. The van der Waals surface area contributed by atoms with Gasteiger partial charge >= 0.3 is 6.09 Å². The molecule has 2 fully saturated rings. The Morgan fingerprint density at radius 3 is 2.68 bits per heavy atom. The predicted molar refractivity (Wildman–Crippen MR) is 109 cm³/mol. The standard InChI is InChI=1S/C21H28N6O4/c1-12-23-19(24-31-12)14-7-18(28)25(9-14)15-8-22-27-11-16(13-5-6-13)26(10-17(15)27)20(29)30-21(2,3)4/h8,13-14,16H,5-7,9-11H2,1-4H3. The fourth-order valence-electron chi connectivity index (χ4n) is 4.50. The van der Waals surface area contributed by atoms with E-state index in [0.717, 1.165) is 24.2 Å². The number of ether oxygens (including phenoxy) is 1. The Balaban J connectivity index is 1.40. The fourth-order valence-corrected chi connectivity index (χ4v) is 4.50. The van der Waals surface area contributed by atoms with E-state index >= 15 is 0 Å². The molecule has 2 aromatic rings. The van der Waals surface area contributed by atoms with Crippen molar-refractivity contribution in [2.75, 3.05) is 11.4 Å². The first-order valence-electron chi connectivity index (χ1n) is 10.8. The van der Waals surface area contributed by atoms with Crippen molar-refractivity contribution in [2.45, 2.75) is 77.6 Å². The average molecular weight is 428 g/mol. The van der Waals surface area contributed by atoms with Gasteiger partial charge in [0.25, 0.3) is 0 Å². The van der Waals surface area contributed by atoms with E-state index in [1.54, 1.807) is 18.0 Å². The second-order valence-electron chi connectivity index (χ2n) is 9.75. The lowest BCUT2D eigenvalue weighted by Gasteiger charge is -2.38. The summed E-state index contributed by atoms with van der Waals surface area (Å²) >= 11 is 0. The first-order valence-corrected chi connectivity index (χ1v) is 10.8. The van der Waals surface area contributed by atoms with Gasteiger partial charge in [-0.1, -0.05) is 5.16 Å². The lowest BCUT2D eigenvalue weighted by Crippen LogP contribution is -2.49. The highest BCUT2D eigenvalue weighted by molar-refractivity contribution is 5.96. The van der Waals surface area contributed by atoms with E-state index in [2.05, 4.69) is 15.2 Å². The van der Waals surface area contributed by atoms with Crippen molar-refractivity contribution >= 4 is 17.7 Å². The normalized spacial score (nSPS) is 23.9. The van der Waals surface area contributed by atoms with Crippen LogP contribution in [0.1, 0.15) is 63.4 Å². The second kappa shape index (κ2) is 7.06. The molecule has 10 heteroatoms. The van der Waals surface area contributed by atoms with Crippen LogP contribution in [0, 0.1) is 12.8 Å². The number of rotatable bonds is 3. The van der Waals surface area contributed by atoms with Gasteiger partial charge in [0, 0.05) is 25.8 Å². The molecule has 2 amide bonds. The van der Waals surface area contributed by atoms with Gasteiger partial charge in [0.05, 0.1) is 36.7 Å². The van der Waals surface area contributed by atoms with Crippen LogP contribution in [0.4, 0.5) is 10.5 Å². The zero-order valence-corrected chi connectivity index (χ0v) is 18.4. The fraction of sp³-hybridized carbons (Fsp3) is 0.667. The van der Waals surface area contributed by atoms with Crippen LogP contribution in [0.25, 0.3) is 0 Å². The lowest BCUT2D eigenvalue weighted by molar-refractivity contribution is -0.117. The Kier molecular flexibility index (Phi) is 4.56. The average Bonchev–Trinajstić information content (AvgIpc) is 3.13. The van der Waals surface area contributed by atoms with Crippen molar-refractivity contribution in [3.63, 3.8) is 0 Å². The summed E-state index contributed by atoms with van der Waals surface area (Å²) in [7, 11) is 0. The highest BCUT2D eigenvalue weighted by Crippen LogP contribution is 2.41. The van der Waals surface area contributed by atoms with Crippen molar-refractivity contribution in [1.29, 1.82) is 0 Å². The van der Waals surface area contributed by atoms with Crippen LogP contribution in [-0.4, -0.2) is 55.0 Å². The molecule has 0 radical (unpaired) electrons. The molecular weight excluding hydrogens is 400 g/mol. The van der Waals surface area contributed by atoms with E-state index in [0.29, 0.717) is 43.7 Å². The van der Waals surface area contributed by atoms with Crippen molar-refractivity contribution in [1.82, 2.24) is 24.8 Å². The number of nitrogens with zero attached hydrogens (tertiary/aromatic N) is 6. The Hall–Kier alpha value is -2.91. The second-order valence-corrected chi connectivity index (χ2v) is 9.75. The quantitative estimate of drug-likeness (QED) is 0.740. The number of hydrogen-bond acceptors (Lipinski definition) is 7. The third kappa shape index (κ3) is 3.79. The molecule has 0 aromatic carbocycles. The van der Waals surface area contributed by atoms with Crippen LogP contribution in [0.5, 0.6) is 0 Å². The Labute approximate surface area is 180 Å². The number of hydrogen-bond donors (Lipinski definition) is 0. The molecule has 0 spiro atoms. The molecule has 4 heterocycles. The van der Waals surface area contributed by atoms with E-state index in [4.69, 9.17) is 9.26 Å². The Morgan fingerprint density at radius 1 is 1.26 bits per heavy atom. The van der Waals surface area contributed by atoms with Crippen molar-refractivity contribution in [3.05, 3.63) is 23.6 Å². The minimum Gasteiger partial charge on any atom is -0.444 e. The monoisotopic (exact) mass is 428 g/mol. The van der Waals surface area contributed by atoms with Gasteiger partial charge in [0.15, 0.2) is 5.82 Å². The molecular formula is C21H28N6O4. The molecule has 166 valence electrons. The van der Waals surface area contributed by atoms with Crippen LogP contribution in [0.15, 0.2) is 10.7 Å². The number of anilines is 1. The van der Waals surface area contributed by atoms with Crippen LogP contribution < -0.4 is 4.90 Å². The molecule has 2 unspecified atom stereocenters. The molecule has 1 aliphatic carbocycles. The Bertz CT molecular complexity index is 1020. The number of carbonyl (C=O) groups excluding carboxylic acids is 2. The summed E-state index contributed by atoms with van der Waals surface area (Å²) in [6, 6.07) is 0.0689. The number of aryl methyl sites for hydroxylation is 1. The summed E-state index contributed by atoms with van der Waals surface area (Å²) in [5.41, 5.74) is 1.05. The van der Waals surface area contributed by atoms with Gasteiger partial charge in [-0.15, -0.1) is 0 Å². The zero-order valence-electron chi connectivity index (χ0n) is 18.4. The summed E-state index contributed by atoms with van der Waals surface area (Å²) in [6.07, 6.45) is 3.98. The first kappa shape index (κ1) is 20.0. The number of amides is 2. The molecule has 3 aliphatic rings. The summed E-state index contributed by atoms with van der Waals surface area (Å²) in [4.78, 5) is 33.7. The maximum atomic E-state index is 13.0. The number of aromatic nitrogens is 4. The van der Waals surface area contributed by atoms with Crippen LogP contribution in [0.3, 0.4) is 0 Å². The molecule has 0 N–H and O–H groups in total. The molecule has 2 aromatic heterocycles. The predicted octanol–water partition coefficient (Wildman–Crippen LogP) is 2.62. The molecule has 0 bridgehead atoms. The van der Waals surface area contributed by atoms with Gasteiger partial charge in [-0.2, -0.15) is 10.1 Å². The third-order valence-corrected chi connectivity index (χ3v) is 6.13. The van der Waals surface area contributed by atoms with Gasteiger partial charge in [-0.05, 0) is 39.5 Å². The van der Waals surface area contributed by atoms with E-state index in [1.165, 1.54) is 0 Å². The zero-order chi connectivity index (χ0) is 21.9.